The smallest absolute Gasteiger partial charge is 0.333 e. The number of benzene rings is 2. The van der Waals surface area contributed by atoms with Crippen LogP contribution in [0.5, 0.6) is 0 Å². The molecule has 2 aromatic carbocycles. The molecule has 1 N–H and O–H groups in total. The predicted octanol–water partition coefficient (Wildman–Crippen LogP) is 3.03. The van der Waals surface area contributed by atoms with Gasteiger partial charge in [0.15, 0.2) is 6.04 Å². The van der Waals surface area contributed by atoms with Crippen LogP contribution >= 0.6 is 0 Å². The second-order valence-corrected chi connectivity index (χ2v) is 5.90. The minimum absolute atomic E-state index is 0.0504. The molecule has 1 amide bonds. The minimum Gasteiger partial charge on any atom is -0.464 e. The number of hydrogen-bond donors (Lipinski definition) is 1. The molecule has 25 heavy (non-hydrogen) atoms. The number of hydrogen-bond acceptors (Lipinski definition) is 4. The number of likely N-dealkylation sites (N-methyl/N-ethyl adjacent to an activating group) is 1. The van der Waals surface area contributed by atoms with Crippen LogP contribution in [0.2, 0.25) is 0 Å². The molecule has 0 aliphatic carbocycles. The lowest BCUT2D eigenvalue weighted by Gasteiger charge is -2.19. The number of amides is 1. The highest BCUT2D eigenvalue weighted by Gasteiger charge is 2.21. The Balaban J connectivity index is 2.13. The van der Waals surface area contributed by atoms with Gasteiger partial charge < -0.3 is 15.0 Å². The van der Waals surface area contributed by atoms with Crippen LogP contribution < -0.4 is 5.32 Å². The van der Waals surface area contributed by atoms with Crippen LogP contribution in [0.4, 0.5) is 5.69 Å². The van der Waals surface area contributed by atoms with Crippen molar-refractivity contribution in [2.24, 2.45) is 0 Å². The molecule has 0 radical (unpaired) electrons. The van der Waals surface area contributed by atoms with Crippen molar-refractivity contribution in [3.05, 3.63) is 65.7 Å². The highest BCUT2D eigenvalue weighted by Crippen LogP contribution is 2.21. The summed E-state index contributed by atoms with van der Waals surface area (Å²) in [5.74, 6) is -0.269. The van der Waals surface area contributed by atoms with E-state index in [1.807, 2.05) is 54.6 Å². The molecule has 0 aliphatic heterocycles. The van der Waals surface area contributed by atoms with Crippen molar-refractivity contribution in [3.8, 4) is 0 Å². The van der Waals surface area contributed by atoms with Crippen molar-refractivity contribution in [3.63, 3.8) is 0 Å². The predicted molar refractivity (Wildman–Crippen MR) is 98.3 cm³/mol. The molecule has 0 saturated heterocycles. The molecule has 1 atom stereocenters. The number of anilines is 1. The fourth-order valence-electron chi connectivity index (χ4n) is 2.37. The average Bonchev–Trinajstić information content (AvgIpc) is 2.61. The summed E-state index contributed by atoms with van der Waals surface area (Å²) in [6.07, 6.45) is 0.354. The van der Waals surface area contributed by atoms with Gasteiger partial charge in [-0.25, -0.2) is 4.79 Å². The van der Waals surface area contributed by atoms with Crippen LogP contribution in [-0.2, 0) is 20.7 Å². The number of carbonyl (C=O) groups excluding carboxylic acids is 2. The monoisotopic (exact) mass is 340 g/mol. The Kier molecular flexibility index (Phi) is 6.57. The van der Waals surface area contributed by atoms with Crippen LogP contribution in [0.3, 0.4) is 0 Å². The van der Waals surface area contributed by atoms with E-state index in [-0.39, 0.29) is 11.9 Å². The van der Waals surface area contributed by atoms with E-state index in [9.17, 15) is 9.59 Å². The zero-order valence-electron chi connectivity index (χ0n) is 14.9. The second kappa shape index (κ2) is 8.87. The fraction of sp³-hybridized carbons (Fsp3) is 0.300. The quantitative estimate of drug-likeness (QED) is 0.787. The van der Waals surface area contributed by atoms with Crippen LogP contribution in [0.25, 0.3) is 0 Å². The van der Waals surface area contributed by atoms with E-state index in [2.05, 4.69) is 5.32 Å². The molecule has 0 spiro atoms. The van der Waals surface area contributed by atoms with Crippen molar-refractivity contribution in [1.29, 1.82) is 0 Å². The van der Waals surface area contributed by atoms with Gasteiger partial charge in [-0.2, -0.15) is 0 Å². The molecule has 132 valence electrons. The van der Waals surface area contributed by atoms with Gasteiger partial charge >= 0.3 is 5.97 Å². The molecule has 5 heteroatoms. The first-order valence-electron chi connectivity index (χ1n) is 8.28. The van der Waals surface area contributed by atoms with Gasteiger partial charge in [0.25, 0.3) is 0 Å². The van der Waals surface area contributed by atoms with Gasteiger partial charge in [-0.3, -0.25) is 4.79 Å². The van der Waals surface area contributed by atoms with Crippen LogP contribution in [0, 0.1) is 0 Å². The summed E-state index contributed by atoms with van der Waals surface area (Å²) >= 11 is 0. The lowest BCUT2D eigenvalue weighted by atomic mass is 10.1. The third-order valence-corrected chi connectivity index (χ3v) is 3.77. The van der Waals surface area contributed by atoms with E-state index in [0.29, 0.717) is 13.0 Å². The maximum absolute atomic E-state index is 12.3. The molecule has 2 rings (SSSR count). The minimum atomic E-state index is -0.574. The van der Waals surface area contributed by atoms with Crippen molar-refractivity contribution >= 4 is 17.6 Å². The van der Waals surface area contributed by atoms with Gasteiger partial charge in [-0.15, -0.1) is 0 Å². The first-order chi connectivity index (χ1) is 12.0. The molecule has 0 heterocycles. The van der Waals surface area contributed by atoms with Crippen molar-refractivity contribution in [2.45, 2.75) is 19.4 Å². The molecule has 2 aromatic rings. The van der Waals surface area contributed by atoms with E-state index in [0.717, 1.165) is 16.8 Å². The molecular formula is C20H24N2O3. The Morgan fingerprint density at radius 1 is 1.04 bits per heavy atom. The summed E-state index contributed by atoms with van der Waals surface area (Å²) < 4.78 is 5.18. The molecular weight excluding hydrogens is 316 g/mol. The van der Waals surface area contributed by atoms with E-state index >= 15 is 0 Å². The number of rotatable bonds is 7. The number of nitrogens with zero attached hydrogens (tertiary/aromatic N) is 1. The lowest BCUT2D eigenvalue weighted by Crippen LogP contribution is -2.24. The van der Waals surface area contributed by atoms with Crippen molar-refractivity contribution in [2.75, 3.05) is 26.0 Å². The maximum Gasteiger partial charge on any atom is 0.333 e. The molecule has 0 bridgehead atoms. The molecule has 0 saturated carbocycles. The maximum atomic E-state index is 12.3. The zero-order chi connectivity index (χ0) is 18.2. The summed E-state index contributed by atoms with van der Waals surface area (Å²) in [6.45, 7) is 2.12. The standard InChI is InChI=1S/C20H24N2O3/c1-4-25-20(24)19(16-8-6-5-7-9-16)21-17-12-10-15(11-13-17)14-18(23)22(2)3/h5-13,19,21H,4,14H2,1-3H3/t19-/m1/s1. The Morgan fingerprint density at radius 3 is 2.24 bits per heavy atom. The molecule has 0 unspecified atom stereocenters. The van der Waals surface area contributed by atoms with Crippen molar-refractivity contribution in [1.82, 2.24) is 4.90 Å². The third-order valence-electron chi connectivity index (χ3n) is 3.77. The van der Waals surface area contributed by atoms with Crippen LogP contribution in [-0.4, -0.2) is 37.5 Å². The second-order valence-electron chi connectivity index (χ2n) is 5.90. The lowest BCUT2D eigenvalue weighted by molar-refractivity contribution is -0.144. The topological polar surface area (TPSA) is 58.6 Å². The van der Waals surface area contributed by atoms with E-state index in [1.165, 1.54) is 0 Å². The molecule has 5 nitrogen and oxygen atoms in total. The fourth-order valence-corrected chi connectivity index (χ4v) is 2.37. The Labute approximate surface area is 148 Å². The summed E-state index contributed by atoms with van der Waals surface area (Å²) in [5, 5.41) is 3.21. The summed E-state index contributed by atoms with van der Waals surface area (Å²) in [4.78, 5) is 25.6. The molecule has 0 fully saturated rings. The number of carbonyl (C=O) groups is 2. The van der Waals surface area contributed by atoms with Crippen molar-refractivity contribution < 1.29 is 14.3 Å². The number of ether oxygens (including phenoxy) is 1. The molecule has 0 aliphatic rings. The Hall–Kier alpha value is -2.82. The van der Waals surface area contributed by atoms with Gasteiger partial charge in [0, 0.05) is 19.8 Å². The highest BCUT2D eigenvalue weighted by molar-refractivity contribution is 5.81. The Morgan fingerprint density at radius 2 is 1.68 bits per heavy atom. The van der Waals surface area contributed by atoms with Gasteiger partial charge in [-0.05, 0) is 30.2 Å². The normalized spacial score (nSPS) is 11.5. The van der Waals surface area contributed by atoms with Gasteiger partial charge in [-0.1, -0.05) is 42.5 Å². The average molecular weight is 340 g/mol. The largest absolute Gasteiger partial charge is 0.464 e. The van der Waals surface area contributed by atoms with E-state index in [1.54, 1.807) is 25.9 Å². The van der Waals surface area contributed by atoms with Crippen LogP contribution in [0.15, 0.2) is 54.6 Å². The summed E-state index contributed by atoms with van der Waals surface area (Å²) in [7, 11) is 3.48. The van der Waals surface area contributed by atoms with E-state index < -0.39 is 6.04 Å². The molecule has 0 aromatic heterocycles. The van der Waals surface area contributed by atoms with Gasteiger partial charge in [0.05, 0.1) is 13.0 Å². The first-order valence-corrected chi connectivity index (χ1v) is 8.28. The van der Waals surface area contributed by atoms with E-state index in [4.69, 9.17) is 4.74 Å². The van der Waals surface area contributed by atoms with Crippen LogP contribution in [0.1, 0.15) is 24.1 Å². The first kappa shape index (κ1) is 18.5. The zero-order valence-corrected chi connectivity index (χ0v) is 14.9. The highest BCUT2D eigenvalue weighted by atomic mass is 16.5. The Bertz CT molecular complexity index is 697. The van der Waals surface area contributed by atoms with Gasteiger partial charge in [0.1, 0.15) is 0 Å². The summed E-state index contributed by atoms with van der Waals surface area (Å²) in [5.41, 5.74) is 2.56. The summed E-state index contributed by atoms with van der Waals surface area (Å²) in [6, 6.07) is 16.4. The number of nitrogens with one attached hydrogen (secondary N) is 1. The van der Waals surface area contributed by atoms with Gasteiger partial charge in [0.2, 0.25) is 5.91 Å². The number of esters is 1. The SMILES string of the molecule is CCOC(=O)[C@H](Nc1ccc(CC(=O)N(C)C)cc1)c1ccccc1. The third kappa shape index (κ3) is 5.35.